The highest BCUT2D eigenvalue weighted by Crippen LogP contribution is 2.35. The lowest BCUT2D eigenvalue weighted by atomic mass is 9.72. The highest BCUT2D eigenvalue weighted by molar-refractivity contribution is 5.88. The van der Waals surface area contributed by atoms with Crippen LogP contribution in [0.1, 0.15) is 35.6 Å². The molecule has 0 aliphatic rings. The molecule has 4 rings (SSSR count). The third kappa shape index (κ3) is 4.18. The maximum Gasteiger partial charge on any atom is 0.101 e. The zero-order valence-electron chi connectivity index (χ0n) is 17.2. The van der Waals surface area contributed by atoms with E-state index < -0.39 is 0 Å². The van der Waals surface area contributed by atoms with Crippen LogP contribution in [0.5, 0.6) is 0 Å². The average Bonchev–Trinajstić information content (AvgIpc) is 3.17. The number of fused-ring (bicyclic) bond motifs is 1. The third-order valence-electron chi connectivity index (χ3n) is 5.80. The topological polar surface area (TPSA) is 63.4 Å². The lowest BCUT2D eigenvalue weighted by molar-refractivity contribution is 0.485. The number of H-pyrrole nitrogens is 1. The van der Waals surface area contributed by atoms with E-state index in [4.69, 9.17) is 5.41 Å². The van der Waals surface area contributed by atoms with E-state index in [1.54, 1.807) is 6.20 Å². The molecule has 1 unspecified atom stereocenters. The number of hydrogen-bond acceptors (Lipinski definition) is 2. The van der Waals surface area contributed by atoms with E-state index in [1.165, 1.54) is 5.56 Å². The summed E-state index contributed by atoms with van der Waals surface area (Å²) < 4.78 is 0. The number of aromatic nitrogens is 1. The zero-order valence-corrected chi connectivity index (χ0v) is 17.2. The molecule has 3 heteroatoms. The molecular formula is C27H25N3. The van der Waals surface area contributed by atoms with Crippen molar-refractivity contribution in [1.82, 2.24) is 4.98 Å². The lowest BCUT2D eigenvalue weighted by Gasteiger charge is -2.31. The molecule has 3 aromatic carbocycles. The monoisotopic (exact) mass is 391 g/mol. The number of benzene rings is 3. The summed E-state index contributed by atoms with van der Waals surface area (Å²) in [6.45, 7) is 2.24. The Bertz CT molecular complexity index is 1200. The molecule has 1 atom stereocenters. The van der Waals surface area contributed by atoms with Gasteiger partial charge in [-0.2, -0.15) is 5.26 Å². The van der Waals surface area contributed by atoms with Crippen LogP contribution in [0.3, 0.4) is 0 Å². The van der Waals surface area contributed by atoms with Gasteiger partial charge in [0, 0.05) is 34.6 Å². The molecule has 2 N–H and O–H groups in total. The van der Waals surface area contributed by atoms with Crippen molar-refractivity contribution in [1.29, 1.82) is 10.7 Å². The second kappa shape index (κ2) is 8.39. The van der Waals surface area contributed by atoms with Crippen LogP contribution in [0.15, 0.2) is 85.1 Å². The predicted octanol–water partition coefficient (Wildman–Crippen LogP) is 6.19. The summed E-state index contributed by atoms with van der Waals surface area (Å²) in [6, 6.07) is 29.3. The number of aromatic amines is 1. The molecule has 0 aliphatic heterocycles. The normalized spacial score (nSPS) is 12.9. The van der Waals surface area contributed by atoms with Crippen molar-refractivity contribution in [3.05, 3.63) is 107 Å². The molecule has 0 fully saturated rings. The number of hydrogen-bond donors (Lipinski definition) is 2. The third-order valence-corrected chi connectivity index (χ3v) is 5.80. The number of nitriles is 1. The maximum absolute atomic E-state index is 9.46. The van der Waals surface area contributed by atoms with Gasteiger partial charge >= 0.3 is 0 Å². The summed E-state index contributed by atoms with van der Waals surface area (Å²) in [5, 5.41) is 19.2. The average molecular weight is 392 g/mol. The van der Waals surface area contributed by atoms with Crippen molar-refractivity contribution in [2.45, 2.75) is 31.6 Å². The molecule has 30 heavy (non-hydrogen) atoms. The number of rotatable bonds is 7. The summed E-state index contributed by atoms with van der Waals surface area (Å²) in [4.78, 5) is 3.18. The molecule has 4 aromatic rings. The van der Waals surface area contributed by atoms with E-state index in [1.807, 2.05) is 24.3 Å². The van der Waals surface area contributed by atoms with Crippen molar-refractivity contribution in [3.8, 4) is 6.07 Å². The van der Waals surface area contributed by atoms with E-state index in [0.717, 1.165) is 28.5 Å². The summed E-state index contributed by atoms with van der Waals surface area (Å²) in [7, 11) is 0. The summed E-state index contributed by atoms with van der Waals surface area (Å²) >= 11 is 0. The van der Waals surface area contributed by atoms with Crippen LogP contribution in [-0.4, -0.2) is 10.7 Å². The van der Waals surface area contributed by atoms with Gasteiger partial charge in [0.25, 0.3) is 0 Å². The first kappa shape index (κ1) is 19.7. The molecule has 0 saturated heterocycles. The summed E-state index contributed by atoms with van der Waals surface area (Å²) in [5.74, 6) is 0. The molecule has 0 spiro atoms. The predicted molar refractivity (Wildman–Crippen MR) is 123 cm³/mol. The Hall–Kier alpha value is -3.64. The Morgan fingerprint density at radius 2 is 1.63 bits per heavy atom. The Morgan fingerprint density at radius 3 is 2.30 bits per heavy atom. The first-order valence-electron chi connectivity index (χ1n) is 10.2. The lowest BCUT2D eigenvalue weighted by Crippen LogP contribution is -2.29. The standard InChI is InChI=1S/C27H25N3/c1-27(16-21-10-6-3-7-11-21,17-24(29)14-20-8-4-2-5-9-20)23-12-13-26-25(15-23)22(18-28)19-30-26/h2-13,15,19,29-30H,14,16-17H2,1H3. The summed E-state index contributed by atoms with van der Waals surface area (Å²) in [6.07, 6.45) is 3.92. The fraction of sp³-hybridized carbons (Fsp3) is 0.185. The van der Waals surface area contributed by atoms with Crippen LogP contribution < -0.4 is 0 Å². The summed E-state index contributed by atoms with van der Waals surface area (Å²) in [5.41, 5.74) is 5.68. The molecular weight excluding hydrogens is 366 g/mol. The second-order valence-electron chi connectivity index (χ2n) is 8.24. The molecule has 3 nitrogen and oxygen atoms in total. The fourth-order valence-electron chi connectivity index (χ4n) is 4.28. The van der Waals surface area contributed by atoms with Gasteiger partial charge in [0.2, 0.25) is 0 Å². The molecule has 0 bridgehead atoms. The highest BCUT2D eigenvalue weighted by Gasteiger charge is 2.29. The van der Waals surface area contributed by atoms with Crippen molar-refractivity contribution in [2.75, 3.05) is 0 Å². The van der Waals surface area contributed by atoms with Crippen molar-refractivity contribution in [3.63, 3.8) is 0 Å². The molecule has 0 aliphatic carbocycles. The highest BCUT2D eigenvalue weighted by atomic mass is 14.7. The van der Waals surface area contributed by atoms with E-state index in [0.29, 0.717) is 24.1 Å². The van der Waals surface area contributed by atoms with E-state index in [2.05, 4.69) is 72.6 Å². The maximum atomic E-state index is 9.46. The minimum absolute atomic E-state index is 0.245. The van der Waals surface area contributed by atoms with Gasteiger partial charge in [0.1, 0.15) is 6.07 Å². The molecule has 0 radical (unpaired) electrons. The zero-order chi connectivity index (χ0) is 21.0. The Morgan fingerprint density at radius 1 is 0.967 bits per heavy atom. The van der Waals surface area contributed by atoms with Gasteiger partial charge in [-0.25, -0.2) is 0 Å². The van der Waals surface area contributed by atoms with Crippen LogP contribution in [0.2, 0.25) is 0 Å². The van der Waals surface area contributed by atoms with Crippen LogP contribution in [-0.2, 0) is 18.3 Å². The van der Waals surface area contributed by atoms with Crippen LogP contribution in [0, 0.1) is 16.7 Å². The van der Waals surface area contributed by atoms with Crippen molar-refractivity contribution < 1.29 is 0 Å². The van der Waals surface area contributed by atoms with Crippen LogP contribution in [0.4, 0.5) is 0 Å². The van der Waals surface area contributed by atoms with Gasteiger partial charge in [-0.05, 0) is 41.7 Å². The quantitative estimate of drug-likeness (QED) is 0.362. The minimum atomic E-state index is -0.245. The van der Waals surface area contributed by atoms with E-state index >= 15 is 0 Å². The van der Waals surface area contributed by atoms with Gasteiger partial charge in [0.15, 0.2) is 0 Å². The number of nitrogens with one attached hydrogen (secondary N) is 2. The molecule has 148 valence electrons. The van der Waals surface area contributed by atoms with Gasteiger partial charge in [0.05, 0.1) is 5.56 Å². The molecule has 0 amide bonds. The minimum Gasteiger partial charge on any atom is -0.360 e. The Labute approximate surface area is 177 Å². The Kier molecular flexibility index (Phi) is 5.50. The second-order valence-corrected chi connectivity index (χ2v) is 8.24. The van der Waals surface area contributed by atoms with Crippen molar-refractivity contribution >= 4 is 16.6 Å². The Balaban J connectivity index is 1.70. The van der Waals surface area contributed by atoms with Crippen molar-refractivity contribution in [2.24, 2.45) is 0 Å². The molecule has 0 saturated carbocycles. The molecule has 1 aromatic heterocycles. The molecule has 1 heterocycles. The number of nitrogens with zero attached hydrogens (tertiary/aromatic N) is 1. The van der Waals surface area contributed by atoms with Crippen LogP contribution in [0.25, 0.3) is 10.9 Å². The van der Waals surface area contributed by atoms with Gasteiger partial charge < -0.3 is 10.4 Å². The smallest absolute Gasteiger partial charge is 0.101 e. The fourth-order valence-corrected chi connectivity index (χ4v) is 4.28. The van der Waals surface area contributed by atoms with Gasteiger partial charge in [-0.1, -0.05) is 73.7 Å². The largest absolute Gasteiger partial charge is 0.360 e. The SMILES string of the molecule is CC(CC(=N)Cc1ccccc1)(Cc1ccccc1)c1ccc2[nH]cc(C#N)c2c1. The van der Waals surface area contributed by atoms with E-state index in [9.17, 15) is 5.26 Å². The van der Waals surface area contributed by atoms with Gasteiger partial charge in [-0.3, -0.25) is 0 Å². The van der Waals surface area contributed by atoms with Gasteiger partial charge in [-0.15, -0.1) is 0 Å². The van der Waals surface area contributed by atoms with E-state index in [-0.39, 0.29) is 5.41 Å². The first-order chi connectivity index (χ1) is 14.6. The first-order valence-corrected chi connectivity index (χ1v) is 10.2. The van der Waals surface area contributed by atoms with Crippen LogP contribution >= 0.6 is 0 Å².